The Kier molecular flexibility index (Phi) is 4.66. The Hall–Kier alpha value is -2.56. The molecule has 1 aliphatic heterocycles. The number of aryl methyl sites for hydroxylation is 1. The number of carbonyl (C=O) groups is 1. The zero-order valence-corrected chi connectivity index (χ0v) is 15.0. The molecule has 3 rings (SSSR count). The van der Waals surface area contributed by atoms with Gasteiger partial charge in [-0.1, -0.05) is 24.8 Å². The molecule has 1 aliphatic rings. The molecule has 0 atom stereocenters. The zero-order chi connectivity index (χ0) is 18.0. The average molecular weight is 340 g/mol. The van der Waals surface area contributed by atoms with Crippen LogP contribution in [0.15, 0.2) is 41.7 Å². The van der Waals surface area contributed by atoms with Crippen molar-refractivity contribution in [3.05, 3.63) is 59.8 Å². The maximum absolute atomic E-state index is 12.3. The molecule has 132 valence electrons. The van der Waals surface area contributed by atoms with Gasteiger partial charge in [-0.15, -0.1) is 0 Å². The van der Waals surface area contributed by atoms with Gasteiger partial charge in [-0.05, 0) is 32.4 Å². The maximum atomic E-state index is 12.3. The Labute approximate surface area is 148 Å². The van der Waals surface area contributed by atoms with Gasteiger partial charge in [0.25, 0.3) is 0 Å². The molecular formula is C20H24N2O3. The van der Waals surface area contributed by atoms with E-state index in [1.807, 2.05) is 19.1 Å². The lowest BCUT2D eigenvalue weighted by molar-refractivity contribution is -0.126. The molecule has 0 N–H and O–H groups in total. The minimum absolute atomic E-state index is 0.101. The third kappa shape index (κ3) is 3.76. The Morgan fingerprint density at radius 3 is 2.92 bits per heavy atom. The Balaban J connectivity index is 1.78. The average Bonchev–Trinajstić information content (AvgIpc) is 3.12. The van der Waals surface area contributed by atoms with Gasteiger partial charge < -0.3 is 14.1 Å². The smallest absolute Gasteiger partial charge is 0.246 e. The second kappa shape index (κ2) is 6.75. The van der Waals surface area contributed by atoms with E-state index in [2.05, 4.69) is 31.5 Å². The highest BCUT2D eigenvalue weighted by Crippen LogP contribution is 2.38. The molecule has 0 saturated heterocycles. The van der Waals surface area contributed by atoms with Crippen molar-refractivity contribution in [3.8, 4) is 5.75 Å². The van der Waals surface area contributed by atoms with Crippen LogP contribution in [0, 0.1) is 6.92 Å². The van der Waals surface area contributed by atoms with Crippen LogP contribution in [0.25, 0.3) is 0 Å². The van der Waals surface area contributed by atoms with Crippen molar-refractivity contribution in [2.75, 3.05) is 6.54 Å². The van der Waals surface area contributed by atoms with Crippen LogP contribution >= 0.6 is 0 Å². The summed E-state index contributed by atoms with van der Waals surface area (Å²) in [5.41, 5.74) is 2.89. The summed E-state index contributed by atoms with van der Waals surface area (Å²) in [5.74, 6) is 1.60. The lowest BCUT2D eigenvalue weighted by Gasteiger charge is -2.23. The normalized spacial score (nSPS) is 14.7. The lowest BCUT2D eigenvalue weighted by Crippen LogP contribution is -2.31. The van der Waals surface area contributed by atoms with E-state index in [1.165, 1.54) is 18.0 Å². The van der Waals surface area contributed by atoms with Crippen molar-refractivity contribution in [1.29, 1.82) is 0 Å². The van der Waals surface area contributed by atoms with Crippen LogP contribution in [-0.2, 0) is 24.2 Å². The molecular weight excluding hydrogens is 316 g/mol. The number of benzene rings is 1. The van der Waals surface area contributed by atoms with Gasteiger partial charge in [0.15, 0.2) is 6.39 Å². The first-order valence-corrected chi connectivity index (χ1v) is 8.50. The first-order valence-electron chi connectivity index (χ1n) is 8.50. The van der Waals surface area contributed by atoms with Gasteiger partial charge in [0.1, 0.15) is 17.1 Å². The van der Waals surface area contributed by atoms with E-state index in [1.54, 1.807) is 4.90 Å². The number of ether oxygens (including phenoxy) is 1. The maximum Gasteiger partial charge on any atom is 0.246 e. The van der Waals surface area contributed by atoms with Crippen molar-refractivity contribution in [2.24, 2.45) is 0 Å². The number of oxazole rings is 1. The van der Waals surface area contributed by atoms with Crippen LogP contribution < -0.4 is 4.74 Å². The largest absolute Gasteiger partial charge is 0.487 e. The van der Waals surface area contributed by atoms with Gasteiger partial charge in [-0.2, -0.15) is 0 Å². The van der Waals surface area contributed by atoms with Gasteiger partial charge in [0.05, 0.1) is 5.69 Å². The fourth-order valence-electron chi connectivity index (χ4n) is 3.22. The molecule has 0 bridgehead atoms. The number of nitrogens with zero attached hydrogens (tertiary/aromatic N) is 2. The van der Waals surface area contributed by atoms with E-state index < -0.39 is 0 Å². The van der Waals surface area contributed by atoms with E-state index in [4.69, 9.17) is 9.15 Å². The number of fused-ring (bicyclic) bond motifs is 1. The van der Waals surface area contributed by atoms with Crippen LogP contribution in [0.5, 0.6) is 5.75 Å². The summed E-state index contributed by atoms with van der Waals surface area (Å²) in [6.45, 7) is 10.7. The standard InChI is InChI=1S/C20H24N2O3/c1-5-18(23)22(10-9-17-14(2)24-13-21-17)12-16-8-6-7-15-11-20(3,4)25-19(15)16/h5-8,13H,1,9-12H2,2-4H3. The highest BCUT2D eigenvalue weighted by atomic mass is 16.5. The molecule has 2 aromatic rings. The first-order chi connectivity index (χ1) is 11.9. The van der Waals surface area contributed by atoms with Crippen LogP contribution in [0.4, 0.5) is 0 Å². The highest BCUT2D eigenvalue weighted by Gasteiger charge is 2.32. The zero-order valence-electron chi connectivity index (χ0n) is 15.0. The van der Waals surface area contributed by atoms with Crippen molar-refractivity contribution in [3.63, 3.8) is 0 Å². The molecule has 1 aromatic carbocycles. The van der Waals surface area contributed by atoms with E-state index in [-0.39, 0.29) is 11.5 Å². The molecule has 0 unspecified atom stereocenters. The fourth-order valence-corrected chi connectivity index (χ4v) is 3.22. The summed E-state index contributed by atoms with van der Waals surface area (Å²) in [7, 11) is 0. The Morgan fingerprint density at radius 1 is 1.44 bits per heavy atom. The van der Waals surface area contributed by atoms with E-state index in [0.717, 1.165) is 29.2 Å². The molecule has 0 radical (unpaired) electrons. The van der Waals surface area contributed by atoms with Crippen LogP contribution in [0.2, 0.25) is 0 Å². The second-order valence-electron chi connectivity index (χ2n) is 7.01. The second-order valence-corrected chi connectivity index (χ2v) is 7.01. The fraction of sp³-hybridized carbons (Fsp3) is 0.400. The van der Waals surface area contributed by atoms with E-state index in [0.29, 0.717) is 19.5 Å². The number of aromatic nitrogens is 1. The summed E-state index contributed by atoms with van der Waals surface area (Å²) in [5, 5.41) is 0. The molecule has 5 nitrogen and oxygen atoms in total. The Morgan fingerprint density at radius 2 is 2.24 bits per heavy atom. The highest BCUT2D eigenvalue weighted by molar-refractivity contribution is 5.87. The third-order valence-electron chi connectivity index (χ3n) is 4.48. The first kappa shape index (κ1) is 17.3. The van der Waals surface area contributed by atoms with Gasteiger partial charge >= 0.3 is 0 Å². The molecule has 0 spiro atoms. The van der Waals surface area contributed by atoms with Gasteiger partial charge in [-0.25, -0.2) is 4.98 Å². The van der Waals surface area contributed by atoms with Crippen molar-refractivity contribution >= 4 is 5.91 Å². The quantitative estimate of drug-likeness (QED) is 0.756. The molecule has 2 heterocycles. The minimum atomic E-state index is -0.205. The van der Waals surface area contributed by atoms with Crippen molar-refractivity contribution < 1.29 is 13.9 Å². The molecule has 1 amide bonds. The summed E-state index contributed by atoms with van der Waals surface area (Å²) in [4.78, 5) is 18.3. The molecule has 25 heavy (non-hydrogen) atoms. The predicted molar refractivity (Wildman–Crippen MR) is 95.4 cm³/mol. The molecule has 0 aliphatic carbocycles. The third-order valence-corrected chi connectivity index (χ3v) is 4.48. The number of para-hydroxylation sites is 1. The number of rotatable bonds is 6. The number of hydrogen-bond acceptors (Lipinski definition) is 4. The lowest BCUT2D eigenvalue weighted by atomic mass is 10.0. The monoisotopic (exact) mass is 340 g/mol. The van der Waals surface area contributed by atoms with E-state index in [9.17, 15) is 4.79 Å². The SMILES string of the molecule is C=CC(=O)N(CCc1ncoc1C)Cc1cccc2c1OC(C)(C)C2. The van der Waals surface area contributed by atoms with Gasteiger partial charge in [-0.3, -0.25) is 4.79 Å². The van der Waals surface area contributed by atoms with Gasteiger partial charge in [0, 0.05) is 31.5 Å². The van der Waals surface area contributed by atoms with Crippen molar-refractivity contribution in [1.82, 2.24) is 9.88 Å². The minimum Gasteiger partial charge on any atom is -0.487 e. The van der Waals surface area contributed by atoms with Crippen LogP contribution in [0.1, 0.15) is 36.4 Å². The van der Waals surface area contributed by atoms with E-state index >= 15 is 0 Å². The molecule has 5 heteroatoms. The number of carbonyl (C=O) groups excluding carboxylic acids is 1. The topological polar surface area (TPSA) is 55.6 Å². The van der Waals surface area contributed by atoms with Crippen molar-refractivity contribution in [2.45, 2.75) is 45.8 Å². The Bertz CT molecular complexity index is 792. The number of amides is 1. The van der Waals surface area contributed by atoms with Crippen LogP contribution in [-0.4, -0.2) is 27.9 Å². The van der Waals surface area contributed by atoms with Crippen LogP contribution in [0.3, 0.4) is 0 Å². The summed E-state index contributed by atoms with van der Waals surface area (Å²) < 4.78 is 11.3. The summed E-state index contributed by atoms with van der Waals surface area (Å²) in [6, 6.07) is 6.13. The van der Waals surface area contributed by atoms with Gasteiger partial charge in [0.2, 0.25) is 5.91 Å². The number of hydrogen-bond donors (Lipinski definition) is 0. The predicted octanol–water partition coefficient (Wildman–Crippen LogP) is 3.45. The molecule has 0 saturated carbocycles. The molecule has 1 aromatic heterocycles. The molecule has 0 fully saturated rings. The summed E-state index contributed by atoms with van der Waals surface area (Å²) >= 11 is 0. The summed E-state index contributed by atoms with van der Waals surface area (Å²) in [6.07, 6.45) is 4.31.